The van der Waals surface area contributed by atoms with Crippen LogP contribution in [0.15, 0.2) is 49.8 Å². The second-order valence-electron chi connectivity index (χ2n) is 5.07. The molecule has 0 bridgehead atoms. The number of halogens is 1. The Balaban J connectivity index is 1.72. The molecule has 2 heterocycles. The molecular weight excluding hydrogens is 412 g/mol. The van der Waals surface area contributed by atoms with Crippen molar-refractivity contribution in [2.24, 2.45) is 0 Å². The zero-order valence-corrected chi connectivity index (χ0v) is 15.1. The van der Waals surface area contributed by atoms with Crippen molar-refractivity contribution < 1.29 is 14.3 Å². The lowest BCUT2D eigenvalue weighted by Gasteiger charge is -2.07. The summed E-state index contributed by atoms with van der Waals surface area (Å²) in [6.07, 6.45) is 0. The second-order valence-corrected chi connectivity index (χ2v) is 7.53. The zero-order chi connectivity index (χ0) is 18.0. The van der Waals surface area contributed by atoms with Crippen molar-refractivity contribution in [3.8, 4) is 0 Å². The molecule has 3 rings (SSSR count). The number of nitrogens with one attached hydrogen (secondary N) is 1. The number of carbonyl (C=O) groups excluding carboxylic acids is 2. The number of hydrogen-bond acceptors (Lipinski definition) is 6. The van der Waals surface area contributed by atoms with Gasteiger partial charge in [-0.1, -0.05) is 12.1 Å². The van der Waals surface area contributed by atoms with Crippen molar-refractivity contribution in [1.29, 1.82) is 0 Å². The summed E-state index contributed by atoms with van der Waals surface area (Å²) in [6.45, 7) is -0.918. The minimum absolute atomic E-state index is 0.207. The molecule has 0 saturated heterocycles. The van der Waals surface area contributed by atoms with Gasteiger partial charge in [-0.15, -0.1) is 11.3 Å². The first-order valence-corrected chi connectivity index (χ1v) is 8.72. The highest BCUT2D eigenvalue weighted by molar-refractivity contribution is 9.11. The van der Waals surface area contributed by atoms with Crippen LogP contribution in [-0.4, -0.2) is 28.1 Å². The number of hydrogen-bond donors (Lipinski definition) is 1. The SMILES string of the molecule is O=C(Cn1[nH]c(=O)c2ccccc2c1=O)OCC(=O)c1ccc(Br)s1. The number of benzene rings is 1. The van der Waals surface area contributed by atoms with Gasteiger partial charge < -0.3 is 4.74 Å². The molecule has 0 aliphatic heterocycles. The first kappa shape index (κ1) is 17.3. The summed E-state index contributed by atoms with van der Waals surface area (Å²) >= 11 is 4.48. The van der Waals surface area contributed by atoms with Crippen LogP contribution in [0.25, 0.3) is 10.8 Å². The van der Waals surface area contributed by atoms with Gasteiger partial charge in [0.15, 0.2) is 6.61 Å². The fourth-order valence-electron chi connectivity index (χ4n) is 2.21. The number of fused-ring (bicyclic) bond motifs is 1. The molecule has 2 aromatic heterocycles. The van der Waals surface area contributed by atoms with Gasteiger partial charge in [0.1, 0.15) is 6.54 Å². The number of H-pyrrole nitrogens is 1. The topological polar surface area (TPSA) is 98.2 Å². The van der Waals surface area contributed by atoms with Crippen molar-refractivity contribution in [3.05, 3.63) is 65.8 Å². The van der Waals surface area contributed by atoms with E-state index in [4.69, 9.17) is 4.74 Å². The molecule has 1 aromatic carbocycles. The fourth-order valence-corrected chi connectivity index (χ4v) is 3.52. The van der Waals surface area contributed by atoms with Crippen molar-refractivity contribution in [1.82, 2.24) is 9.78 Å². The van der Waals surface area contributed by atoms with Crippen LogP contribution in [0.2, 0.25) is 0 Å². The first-order valence-electron chi connectivity index (χ1n) is 7.12. The third kappa shape index (κ3) is 3.77. The van der Waals surface area contributed by atoms with Crippen LogP contribution in [0.3, 0.4) is 0 Å². The predicted molar refractivity (Wildman–Crippen MR) is 96.1 cm³/mol. The van der Waals surface area contributed by atoms with Crippen LogP contribution in [0.1, 0.15) is 9.67 Å². The molecule has 0 unspecified atom stereocenters. The van der Waals surface area contributed by atoms with E-state index in [9.17, 15) is 19.2 Å². The minimum Gasteiger partial charge on any atom is -0.456 e. The number of aromatic amines is 1. The average molecular weight is 423 g/mol. The summed E-state index contributed by atoms with van der Waals surface area (Å²) in [7, 11) is 0. The van der Waals surface area contributed by atoms with Crippen molar-refractivity contribution in [3.63, 3.8) is 0 Å². The normalized spacial score (nSPS) is 10.8. The highest BCUT2D eigenvalue weighted by atomic mass is 79.9. The summed E-state index contributed by atoms with van der Waals surface area (Å²) in [5, 5.41) is 2.78. The van der Waals surface area contributed by atoms with Gasteiger partial charge in [0.25, 0.3) is 11.1 Å². The van der Waals surface area contributed by atoms with E-state index in [1.165, 1.54) is 23.5 Å². The quantitative estimate of drug-likeness (QED) is 0.500. The standard InChI is InChI=1S/C16H11BrN2O5S/c17-13-6-5-12(25-13)11(20)8-24-14(21)7-19-16(23)10-4-2-1-3-9(10)15(22)18-19/h1-6H,7-8H2,(H,18,22). The number of nitrogens with zero attached hydrogens (tertiary/aromatic N) is 1. The van der Waals surface area contributed by atoms with Gasteiger partial charge in [-0.2, -0.15) is 0 Å². The Hall–Kier alpha value is -2.52. The van der Waals surface area contributed by atoms with Crippen LogP contribution in [0.4, 0.5) is 0 Å². The van der Waals surface area contributed by atoms with Crippen molar-refractivity contribution >= 4 is 49.8 Å². The zero-order valence-electron chi connectivity index (χ0n) is 12.7. The smallest absolute Gasteiger partial charge is 0.328 e. The lowest BCUT2D eigenvalue weighted by atomic mass is 10.2. The van der Waals surface area contributed by atoms with Gasteiger partial charge >= 0.3 is 5.97 Å². The summed E-state index contributed by atoms with van der Waals surface area (Å²) in [5.41, 5.74) is -0.997. The van der Waals surface area contributed by atoms with Gasteiger partial charge in [-0.3, -0.25) is 24.3 Å². The van der Waals surface area contributed by atoms with Crippen molar-refractivity contribution in [2.75, 3.05) is 6.61 Å². The van der Waals surface area contributed by atoms with E-state index in [1.54, 1.807) is 24.3 Å². The van der Waals surface area contributed by atoms with Gasteiger partial charge in [0, 0.05) is 0 Å². The third-order valence-electron chi connectivity index (χ3n) is 3.38. The Bertz CT molecular complexity index is 1080. The van der Waals surface area contributed by atoms with E-state index in [-0.39, 0.29) is 16.6 Å². The number of aromatic nitrogens is 2. The van der Waals surface area contributed by atoms with E-state index in [2.05, 4.69) is 21.0 Å². The lowest BCUT2D eigenvalue weighted by molar-refractivity contribution is -0.143. The predicted octanol–water partition coefficient (Wildman–Crippen LogP) is 1.94. The van der Waals surface area contributed by atoms with Crippen LogP contribution in [0.5, 0.6) is 0 Å². The Morgan fingerprint density at radius 2 is 1.84 bits per heavy atom. The summed E-state index contributed by atoms with van der Waals surface area (Å²) in [5.74, 6) is -1.14. The van der Waals surface area contributed by atoms with E-state index >= 15 is 0 Å². The maximum Gasteiger partial charge on any atom is 0.328 e. The molecule has 0 saturated carbocycles. The summed E-state index contributed by atoms with van der Waals surface area (Å²) in [4.78, 5) is 48.5. The molecule has 0 amide bonds. The van der Waals surface area contributed by atoms with Crippen LogP contribution >= 0.6 is 27.3 Å². The van der Waals surface area contributed by atoms with E-state index in [0.717, 1.165) is 8.47 Å². The van der Waals surface area contributed by atoms with Gasteiger partial charge in [-0.25, -0.2) is 4.68 Å². The molecule has 128 valence electrons. The highest BCUT2D eigenvalue weighted by Gasteiger charge is 2.14. The molecule has 7 nitrogen and oxygen atoms in total. The molecule has 0 radical (unpaired) electrons. The number of Topliss-reactive ketones (excluding diaryl/α,β-unsaturated/α-hetero) is 1. The molecule has 0 aliphatic rings. The largest absolute Gasteiger partial charge is 0.456 e. The monoisotopic (exact) mass is 422 g/mol. The number of rotatable bonds is 5. The molecular formula is C16H11BrN2O5S. The molecule has 9 heteroatoms. The average Bonchev–Trinajstić information content (AvgIpc) is 3.04. The summed E-state index contributed by atoms with van der Waals surface area (Å²) < 4.78 is 6.57. The van der Waals surface area contributed by atoms with E-state index < -0.39 is 30.2 Å². The van der Waals surface area contributed by atoms with E-state index in [1.807, 2.05) is 0 Å². The lowest BCUT2D eigenvalue weighted by Crippen LogP contribution is -2.33. The number of ketones is 1. The minimum atomic E-state index is -0.794. The van der Waals surface area contributed by atoms with Gasteiger partial charge in [0.2, 0.25) is 5.78 Å². The number of thiophene rings is 1. The molecule has 0 spiro atoms. The Morgan fingerprint density at radius 1 is 1.12 bits per heavy atom. The van der Waals surface area contributed by atoms with Gasteiger partial charge in [-0.05, 0) is 40.2 Å². The summed E-state index contributed by atoms with van der Waals surface area (Å²) in [6, 6.07) is 9.64. The molecule has 1 N–H and O–H groups in total. The number of ether oxygens (including phenoxy) is 1. The number of carbonyl (C=O) groups is 2. The Morgan fingerprint density at radius 3 is 2.52 bits per heavy atom. The molecule has 0 atom stereocenters. The third-order valence-corrected chi connectivity index (χ3v) is 5.05. The maximum absolute atomic E-state index is 12.3. The highest BCUT2D eigenvalue weighted by Crippen LogP contribution is 2.22. The van der Waals surface area contributed by atoms with Crippen molar-refractivity contribution in [2.45, 2.75) is 6.54 Å². The van der Waals surface area contributed by atoms with Crippen LogP contribution in [0, 0.1) is 0 Å². The fraction of sp³-hybridized carbons (Fsp3) is 0.125. The molecule has 0 aliphatic carbocycles. The maximum atomic E-state index is 12.3. The molecule has 25 heavy (non-hydrogen) atoms. The van der Waals surface area contributed by atoms with E-state index in [0.29, 0.717) is 4.88 Å². The van der Waals surface area contributed by atoms with Crippen LogP contribution < -0.4 is 11.1 Å². The second kappa shape index (κ2) is 7.16. The Labute approximate surface area is 153 Å². The number of esters is 1. The molecule has 3 aromatic rings. The Kier molecular flexibility index (Phi) is 4.95. The van der Waals surface area contributed by atoms with Gasteiger partial charge in [0.05, 0.1) is 19.4 Å². The first-order chi connectivity index (χ1) is 12.0. The van der Waals surface area contributed by atoms with Crippen LogP contribution in [-0.2, 0) is 16.1 Å². The molecule has 0 fully saturated rings.